The number of hydrogen-bond acceptors (Lipinski definition) is 1. The van der Waals surface area contributed by atoms with Crippen LogP contribution < -0.4 is 0 Å². The molecule has 0 aliphatic carbocycles. The summed E-state index contributed by atoms with van der Waals surface area (Å²) in [6, 6.07) is 0. The molecule has 1 rings (SSSR count). The van der Waals surface area contributed by atoms with Gasteiger partial charge in [-0.2, -0.15) is 26.3 Å². The van der Waals surface area contributed by atoms with Gasteiger partial charge in [-0.1, -0.05) is 64.0 Å². The Labute approximate surface area is 155 Å². The van der Waals surface area contributed by atoms with Crippen molar-refractivity contribution < 1.29 is 31.1 Å². The van der Waals surface area contributed by atoms with Crippen molar-refractivity contribution >= 4 is 0 Å². The highest BCUT2D eigenvalue weighted by atomic mass is 19.4. The molecule has 0 fully saturated rings. The summed E-state index contributed by atoms with van der Waals surface area (Å²) in [4.78, 5) is 0. The Morgan fingerprint density at radius 2 is 1.37 bits per heavy atom. The molecule has 0 atom stereocenters. The number of halogens is 6. The molecule has 0 bridgehead atoms. The first-order valence-corrected chi connectivity index (χ1v) is 8.00. The molecular weight excluding hydrogens is 370 g/mol. The van der Waals surface area contributed by atoms with E-state index in [9.17, 15) is 26.3 Å². The Hall–Kier alpha value is -2.44. The monoisotopic (exact) mass is 392 g/mol. The van der Waals surface area contributed by atoms with E-state index in [1.807, 2.05) is 13.8 Å². The van der Waals surface area contributed by atoms with Crippen LogP contribution >= 0.6 is 0 Å². The molecule has 1 aliphatic heterocycles. The van der Waals surface area contributed by atoms with Gasteiger partial charge in [-0.15, -0.1) is 0 Å². The van der Waals surface area contributed by atoms with Crippen LogP contribution in [-0.2, 0) is 4.74 Å². The Balaban J connectivity index is 0.00000326. The molecule has 150 valence electrons. The van der Waals surface area contributed by atoms with Gasteiger partial charge in [-0.25, -0.2) is 0 Å². The Bertz CT molecular complexity index is 670. The van der Waals surface area contributed by atoms with E-state index in [0.29, 0.717) is 6.08 Å². The maximum Gasteiger partial charge on any atom is 0.411 e. The van der Waals surface area contributed by atoms with E-state index in [-0.39, 0.29) is 0 Å². The molecule has 0 unspecified atom stereocenters. The smallest absolute Gasteiger partial charge is 0.411 e. The maximum atomic E-state index is 14.0. The molecule has 0 amide bonds. The van der Waals surface area contributed by atoms with Gasteiger partial charge in [-0.05, 0) is 19.1 Å². The molecule has 0 saturated carbocycles. The van der Waals surface area contributed by atoms with Crippen molar-refractivity contribution in [3.8, 4) is 0 Å². The van der Waals surface area contributed by atoms with Crippen LogP contribution in [0.4, 0.5) is 26.3 Å². The molecule has 0 N–H and O–H groups in total. The third-order valence-corrected chi connectivity index (χ3v) is 3.48. The van der Waals surface area contributed by atoms with Gasteiger partial charge in [0.15, 0.2) is 0 Å². The fourth-order valence-corrected chi connectivity index (χ4v) is 2.60. The van der Waals surface area contributed by atoms with Crippen molar-refractivity contribution in [3.05, 3.63) is 84.9 Å². The average molecular weight is 392 g/mol. The molecule has 0 saturated heterocycles. The second-order valence-corrected chi connectivity index (χ2v) is 4.91. The van der Waals surface area contributed by atoms with Crippen molar-refractivity contribution in [2.75, 3.05) is 0 Å². The lowest BCUT2D eigenvalue weighted by molar-refractivity contribution is -0.312. The quantitative estimate of drug-likeness (QED) is 0.455. The zero-order valence-electron chi connectivity index (χ0n) is 15.3. The molecule has 27 heavy (non-hydrogen) atoms. The van der Waals surface area contributed by atoms with Gasteiger partial charge in [-0.3, -0.25) is 0 Å². The molecule has 1 heterocycles. The lowest BCUT2D eigenvalue weighted by atomic mass is 9.68. The van der Waals surface area contributed by atoms with Gasteiger partial charge in [0.2, 0.25) is 5.41 Å². The Kier molecular flexibility index (Phi) is 8.63. The molecule has 0 aromatic carbocycles. The van der Waals surface area contributed by atoms with E-state index >= 15 is 0 Å². The first-order valence-electron chi connectivity index (χ1n) is 8.00. The third kappa shape index (κ3) is 4.28. The summed E-state index contributed by atoms with van der Waals surface area (Å²) in [5.74, 6) is -1.27. The highest BCUT2D eigenvalue weighted by Gasteiger charge is 2.76. The number of rotatable bonds is 4. The lowest BCUT2D eigenvalue weighted by Gasteiger charge is -2.44. The van der Waals surface area contributed by atoms with Crippen LogP contribution in [0.3, 0.4) is 0 Å². The van der Waals surface area contributed by atoms with Crippen molar-refractivity contribution in [1.29, 1.82) is 0 Å². The number of hydrogen-bond donors (Lipinski definition) is 0. The van der Waals surface area contributed by atoms with E-state index in [4.69, 9.17) is 4.74 Å². The predicted molar refractivity (Wildman–Crippen MR) is 95.6 cm³/mol. The van der Waals surface area contributed by atoms with Crippen molar-refractivity contribution in [2.45, 2.75) is 33.1 Å². The van der Waals surface area contributed by atoms with Crippen LogP contribution in [0.25, 0.3) is 0 Å². The van der Waals surface area contributed by atoms with Crippen LogP contribution in [0.5, 0.6) is 0 Å². The van der Waals surface area contributed by atoms with Gasteiger partial charge in [0, 0.05) is 11.1 Å². The van der Waals surface area contributed by atoms with Crippen LogP contribution in [0.1, 0.15) is 20.8 Å². The molecule has 1 nitrogen and oxygen atoms in total. The van der Waals surface area contributed by atoms with Crippen LogP contribution in [0.2, 0.25) is 0 Å². The van der Waals surface area contributed by atoms with Crippen LogP contribution in [0, 0.1) is 5.41 Å². The van der Waals surface area contributed by atoms with E-state index in [1.165, 1.54) is 6.92 Å². The molecule has 7 heteroatoms. The van der Waals surface area contributed by atoms with Gasteiger partial charge < -0.3 is 4.74 Å². The molecule has 0 aromatic heterocycles. The summed E-state index contributed by atoms with van der Waals surface area (Å²) in [6.07, 6.45) is -5.36. The van der Waals surface area contributed by atoms with Crippen LogP contribution in [0.15, 0.2) is 84.9 Å². The topological polar surface area (TPSA) is 9.23 Å². The number of alkyl halides is 6. The summed E-state index contributed by atoms with van der Waals surface area (Å²) in [7, 11) is 0. The second-order valence-electron chi connectivity index (χ2n) is 4.91. The van der Waals surface area contributed by atoms with Gasteiger partial charge >= 0.3 is 12.4 Å². The summed E-state index contributed by atoms with van der Waals surface area (Å²) in [5, 5.41) is 0. The fraction of sp³-hybridized carbons (Fsp3) is 0.300. The first kappa shape index (κ1) is 24.6. The predicted octanol–water partition coefficient (Wildman–Crippen LogP) is 7.35. The number of ether oxygens (including phenoxy) is 1. The fourth-order valence-electron chi connectivity index (χ4n) is 2.60. The highest BCUT2D eigenvalue weighted by Crippen LogP contribution is 2.63. The molecule has 1 aliphatic rings. The second kappa shape index (κ2) is 9.48. The molecule has 0 radical (unpaired) electrons. The molecule has 0 spiro atoms. The maximum absolute atomic E-state index is 14.0. The van der Waals surface area contributed by atoms with Crippen LogP contribution in [-0.4, -0.2) is 12.4 Å². The summed E-state index contributed by atoms with van der Waals surface area (Å²) in [5.41, 5.74) is -6.52. The Morgan fingerprint density at radius 1 is 0.889 bits per heavy atom. The van der Waals surface area contributed by atoms with Gasteiger partial charge in [0.1, 0.15) is 11.5 Å². The summed E-state index contributed by atoms with van der Waals surface area (Å²) in [6.45, 7) is 15.1. The third-order valence-electron chi connectivity index (χ3n) is 3.48. The zero-order chi connectivity index (χ0) is 21.5. The lowest BCUT2D eigenvalue weighted by Crippen LogP contribution is -2.54. The average Bonchev–Trinajstić information content (AvgIpc) is 2.57. The van der Waals surface area contributed by atoms with E-state index in [2.05, 4.69) is 19.7 Å². The normalized spacial score (nSPS) is 20.2. The van der Waals surface area contributed by atoms with Crippen molar-refractivity contribution in [3.63, 3.8) is 0 Å². The zero-order valence-corrected chi connectivity index (χ0v) is 15.3. The minimum atomic E-state index is -5.70. The Morgan fingerprint density at radius 3 is 1.70 bits per heavy atom. The minimum absolute atomic E-state index is 0.632. The standard InChI is InChI=1S/C18H16F6O.C2H6/c1-5-9-12-14(8-4)25-15(11-7-3)13(10-6-2)16(12,17(19,20)21)18(22,23)24;1-2/h5-11H,2-4H2,1H3;1-2H3/b9-5-,13-10+,15-11+;. The molecular formula is C20H22F6O. The van der Waals surface area contributed by atoms with Gasteiger partial charge in [0.25, 0.3) is 0 Å². The van der Waals surface area contributed by atoms with E-state index in [0.717, 1.165) is 36.5 Å². The number of allylic oxidation sites excluding steroid dienone is 9. The van der Waals surface area contributed by atoms with E-state index < -0.39 is 40.4 Å². The SMILES string of the molecule is C=C/C=C1\C(=C/C=C)OC(C=C)=C(/C=C\C)C1(C(F)(F)F)C(F)(F)F.CC. The molecule has 0 aromatic rings. The highest BCUT2D eigenvalue weighted by molar-refractivity contribution is 5.55. The first-order chi connectivity index (χ1) is 12.5. The van der Waals surface area contributed by atoms with E-state index in [1.54, 1.807) is 0 Å². The van der Waals surface area contributed by atoms with Gasteiger partial charge in [0.05, 0.1) is 0 Å². The largest absolute Gasteiger partial charge is 0.457 e. The minimum Gasteiger partial charge on any atom is -0.457 e. The van der Waals surface area contributed by atoms with Crippen molar-refractivity contribution in [2.24, 2.45) is 5.41 Å². The summed E-state index contributed by atoms with van der Waals surface area (Å²) >= 11 is 0. The summed E-state index contributed by atoms with van der Waals surface area (Å²) < 4.78 is 89.0. The van der Waals surface area contributed by atoms with Crippen molar-refractivity contribution in [1.82, 2.24) is 0 Å².